The van der Waals surface area contributed by atoms with Crippen molar-refractivity contribution in [2.75, 3.05) is 0 Å². The quantitative estimate of drug-likeness (QED) is 0.908. The maximum absolute atomic E-state index is 11.4. The van der Waals surface area contributed by atoms with Crippen LogP contribution in [0.1, 0.15) is 34.9 Å². The highest BCUT2D eigenvalue weighted by molar-refractivity contribution is 7.89. The minimum atomic E-state index is -3.63. The average molecular weight is 322 g/mol. The Morgan fingerprint density at radius 2 is 2.19 bits per heavy atom. The minimum Gasteiger partial charge on any atom is -0.306 e. The number of fused-ring (bicyclic) bond motifs is 1. The van der Waals surface area contributed by atoms with Crippen LogP contribution in [0.25, 0.3) is 0 Å². The summed E-state index contributed by atoms with van der Waals surface area (Å²) in [6.45, 7) is 0.642. The van der Waals surface area contributed by atoms with E-state index in [1.165, 1.54) is 29.3 Å². The number of nitrogens with two attached hydrogens (primary N) is 1. The van der Waals surface area contributed by atoms with Gasteiger partial charge in [-0.05, 0) is 54.0 Å². The SMILES string of the molecule is NS(=O)(=O)c1cccc(CNC2CCCc3sccc32)c1. The van der Waals surface area contributed by atoms with Gasteiger partial charge in [0.1, 0.15) is 0 Å². The molecular weight excluding hydrogens is 304 g/mol. The zero-order chi connectivity index (χ0) is 14.9. The number of thiophene rings is 1. The summed E-state index contributed by atoms with van der Waals surface area (Å²) in [5.41, 5.74) is 2.33. The minimum absolute atomic E-state index is 0.168. The first-order valence-electron chi connectivity index (χ1n) is 6.95. The van der Waals surface area contributed by atoms with Gasteiger partial charge in [0.05, 0.1) is 4.90 Å². The Kier molecular flexibility index (Phi) is 4.12. The summed E-state index contributed by atoms with van der Waals surface area (Å²) in [5, 5.41) is 10.8. The molecule has 0 amide bonds. The third-order valence-corrected chi connectivity index (χ3v) is 5.74. The Balaban J connectivity index is 1.72. The molecule has 1 heterocycles. The molecule has 112 valence electrons. The average Bonchev–Trinajstić information content (AvgIpc) is 2.93. The molecule has 0 saturated heterocycles. The first-order valence-corrected chi connectivity index (χ1v) is 9.38. The van der Waals surface area contributed by atoms with Gasteiger partial charge in [-0.25, -0.2) is 13.6 Å². The molecule has 1 aliphatic carbocycles. The van der Waals surface area contributed by atoms with E-state index in [-0.39, 0.29) is 4.90 Å². The van der Waals surface area contributed by atoms with Crippen molar-refractivity contribution < 1.29 is 8.42 Å². The molecule has 0 saturated carbocycles. The fraction of sp³-hybridized carbons (Fsp3) is 0.333. The lowest BCUT2D eigenvalue weighted by Crippen LogP contribution is -2.24. The van der Waals surface area contributed by atoms with E-state index in [1.54, 1.807) is 12.1 Å². The third-order valence-electron chi connectivity index (χ3n) is 3.83. The first-order chi connectivity index (χ1) is 10.0. The van der Waals surface area contributed by atoms with Crippen LogP contribution >= 0.6 is 11.3 Å². The summed E-state index contributed by atoms with van der Waals surface area (Å²) in [5.74, 6) is 0. The standard InChI is InChI=1S/C15H18N2O2S2/c16-21(18,19)12-4-1-3-11(9-12)10-17-14-5-2-6-15-13(14)7-8-20-15/h1,3-4,7-9,14,17H,2,5-6,10H2,(H2,16,18,19). The summed E-state index contributed by atoms with van der Waals surface area (Å²) < 4.78 is 22.8. The molecule has 0 aliphatic heterocycles. The van der Waals surface area contributed by atoms with Gasteiger partial charge in [0, 0.05) is 17.5 Å². The van der Waals surface area contributed by atoms with Crippen molar-refractivity contribution in [2.45, 2.75) is 36.7 Å². The van der Waals surface area contributed by atoms with Gasteiger partial charge in [-0.1, -0.05) is 12.1 Å². The van der Waals surface area contributed by atoms with Crippen molar-refractivity contribution >= 4 is 21.4 Å². The number of aryl methyl sites for hydroxylation is 1. The van der Waals surface area contributed by atoms with Crippen LogP contribution < -0.4 is 10.5 Å². The predicted octanol–water partition coefficient (Wildman–Crippen LogP) is 2.56. The van der Waals surface area contributed by atoms with E-state index >= 15 is 0 Å². The van der Waals surface area contributed by atoms with Crippen LogP contribution in [0.15, 0.2) is 40.6 Å². The second kappa shape index (κ2) is 5.88. The van der Waals surface area contributed by atoms with Gasteiger partial charge >= 0.3 is 0 Å². The molecule has 0 radical (unpaired) electrons. The molecule has 6 heteroatoms. The molecule has 1 unspecified atom stereocenters. The van der Waals surface area contributed by atoms with Crippen LogP contribution in [0.4, 0.5) is 0 Å². The predicted molar refractivity (Wildman–Crippen MR) is 84.7 cm³/mol. The number of primary sulfonamides is 1. The number of hydrogen-bond donors (Lipinski definition) is 2. The fourth-order valence-corrected chi connectivity index (χ4v) is 4.34. The van der Waals surface area contributed by atoms with E-state index in [0.29, 0.717) is 12.6 Å². The van der Waals surface area contributed by atoms with Crippen molar-refractivity contribution in [3.05, 3.63) is 51.7 Å². The van der Waals surface area contributed by atoms with E-state index < -0.39 is 10.0 Å². The molecule has 2 aromatic rings. The molecule has 3 rings (SSSR count). The van der Waals surface area contributed by atoms with Gasteiger partial charge in [-0.2, -0.15) is 0 Å². The molecule has 1 aliphatic rings. The molecule has 1 aromatic heterocycles. The fourth-order valence-electron chi connectivity index (χ4n) is 2.77. The number of benzene rings is 1. The van der Waals surface area contributed by atoms with Gasteiger partial charge in [-0.3, -0.25) is 0 Å². The first kappa shape index (κ1) is 14.7. The molecular formula is C15H18N2O2S2. The van der Waals surface area contributed by atoms with Crippen LogP contribution in [-0.2, 0) is 23.0 Å². The highest BCUT2D eigenvalue weighted by atomic mass is 32.2. The second-order valence-corrected chi connectivity index (χ2v) is 7.88. The summed E-state index contributed by atoms with van der Waals surface area (Å²) in [6, 6.07) is 9.36. The highest BCUT2D eigenvalue weighted by Gasteiger charge is 2.20. The van der Waals surface area contributed by atoms with Gasteiger partial charge in [0.25, 0.3) is 0 Å². The lowest BCUT2D eigenvalue weighted by Gasteiger charge is -2.24. The van der Waals surface area contributed by atoms with Crippen molar-refractivity contribution in [3.63, 3.8) is 0 Å². The van der Waals surface area contributed by atoms with Crippen LogP contribution in [0.2, 0.25) is 0 Å². The monoisotopic (exact) mass is 322 g/mol. The molecule has 0 spiro atoms. The lowest BCUT2D eigenvalue weighted by atomic mass is 9.94. The van der Waals surface area contributed by atoms with E-state index in [2.05, 4.69) is 16.8 Å². The Morgan fingerprint density at radius 1 is 1.33 bits per heavy atom. The Hall–Kier alpha value is -1.21. The molecule has 1 atom stereocenters. The van der Waals surface area contributed by atoms with Crippen LogP contribution in [0, 0.1) is 0 Å². The molecule has 0 fully saturated rings. The molecule has 21 heavy (non-hydrogen) atoms. The molecule has 4 nitrogen and oxygen atoms in total. The summed E-state index contributed by atoms with van der Waals surface area (Å²) in [4.78, 5) is 1.64. The zero-order valence-corrected chi connectivity index (χ0v) is 13.2. The van der Waals surface area contributed by atoms with E-state index in [1.807, 2.05) is 17.4 Å². The van der Waals surface area contributed by atoms with Crippen LogP contribution in [0.5, 0.6) is 0 Å². The number of nitrogens with one attached hydrogen (secondary N) is 1. The van der Waals surface area contributed by atoms with Crippen molar-refractivity contribution in [3.8, 4) is 0 Å². The molecule has 0 bridgehead atoms. The Bertz CT molecular complexity index is 738. The Morgan fingerprint density at radius 3 is 3.00 bits per heavy atom. The topological polar surface area (TPSA) is 72.2 Å². The summed E-state index contributed by atoms with van der Waals surface area (Å²) >= 11 is 1.82. The van der Waals surface area contributed by atoms with Crippen molar-refractivity contribution in [1.29, 1.82) is 0 Å². The van der Waals surface area contributed by atoms with Gasteiger partial charge in [0.15, 0.2) is 0 Å². The maximum Gasteiger partial charge on any atom is 0.238 e. The molecule has 3 N–H and O–H groups in total. The second-order valence-electron chi connectivity index (χ2n) is 5.32. The van der Waals surface area contributed by atoms with Gasteiger partial charge in [0.2, 0.25) is 10.0 Å². The van der Waals surface area contributed by atoms with Crippen LogP contribution in [-0.4, -0.2) is 8.42 Å². The van der Waals surface area contributed by atoms with Gasteiger partial charge < -0.3 is 5.32 Å². The normalized spacial score (nSPS) is 18.4. The number of rotatable bonds is 4. The molecule has 1 aromatic carbocycles. The number of sulfonamides is 1. The van der Waals surface area contributed by atoms with Crippen LogP contribution in [0.3, 0.4) is 0 Å². The summed E-state index contributed by atoms with van der Waals surface area (Å²) in [6.07, 6.45) is 3.49. The van der Waals surface area contributed by atoms with E-state index in [0.717, 1.165) is 12.0 Å². The summed E-state index contributed by atoms with van der Waals surface area (Å²) in [7, 11) is -3.63. The zero-order valence-electron chi connectivity index (χ0n) is 11.6. The van der Waals surface area contributed by atoms with E-state index in [4.69, 9.17) is 5.14 Å². The van der Waals surface area contributed by atoms with Gasteiger partial charge in [-0.15, -0.1) is 11.3 Å². The number of hydrogen-bond acceptors (Lipinski definition) is 4. The lowest BCUT2D eigenvalue weighted by molar-refractivity contribution is 0.463. The third kappa shape index (κ3) is 3.35. The van der Waals surface area contributed by atoms with Crippen molar-refractivity contribution in [1.82, 2.24) is 5.32 Å². The van der Waals surface area contributed by atoms with E-state index in [9.17, 15) is 8.42 Å². The highest BCUT2D eigenvalue weighted by Crippen LogP contribution is 2.33. The largest absolute Gasteiger partial charge is 0.306 e. The smallest absolute Gasteiger partial charge is 0.238 e. The Labute approximate surface area is 129 Å². The maximum atomic E-state index is 11.4. The van der Waals surface area contributed by atoms with Crippen molar-refractivity contribution in [2.24, 2.45) is 5.14 Å².